The first-order chi connectivity index (χ1) is 24.1. The van der Waals surface area contributed by atoms with Crippen molar-refractivity contribution in [2.75, 3.05) is 0 Å². The van der Waals surface area contributed by atoms with E-state index >= 15 is 0 Å². The quantitative estimate of drug-likeness (QED) is 0.0783. The summed E-state index contributed by atoms with van der Waals surface area (Å²) in [6.45, 7) is 14.1. The molecule has 262 valence electrons. The van der Waals surface area contributed by atoms with Crippen LogP contribution in [-0.4, -0.2) is 0 Å². The van der Waals surface area contributed by atoms with Gasteiger partial charge in [-0.05, 0) is 161 Å². The molecule has 0 unspecified atom stereocenters. The zero-order chi connectivity index (χ0) is 34.6. The summed E-state index contributed by atoms with van der Waals surface area (Å²) in [6.07, 6.45) is 23.3. The second-order valence-corrected chi connectivity index (χ2v) is 14.9. The first-order valence-corrected chi connectivity index (χ1v) is 20.6. The minimum Gasteiger partial charge on any atom is -0.0654 e. The lowest BCUT2D eigenvalue weighted by Gasteiger charge is -2.25. The molecule has 5 rings (SSSR count). The average molecular weight is 655 g/mol. The van der Waals surface area contributed by atoms with Gasteiger partial charge in [0.05, 0.1) is 0 Å². The second-order valence-electron chi connectivity index (χ2n) is 14.9. The molecular weight excluding hydrogens is 589 g/mol. The Hall–Kier alpha value is -3.12. The lowest BCUT2D eigenvalue weighted by molar-refractivity contribution is 0.735. The molecule has 0 radical (unpaired) electrons. The molecule has 0 aliphatic heterocycles. The Morgan fingerprint density at radius 1 is 0.367 bits per heavy atom. The molecule has 0 amide bonds. The highest BCUT2D eigenvalue weighted by molar-refractivity contribution is 5.95. The number of rotatable bonds is 20. The van der Waals surface area contributed by atoms with E-state index in [4.69, 9.17) is 0 Å². The Balaban J connectivity index is 1.84. The number of fused-ring (bicyclic) bond motifs is 3. The predicted octanol–water partition coefficient (Wildman–Crippen LogP) is 14.6. The van der Waals surface area contributed by atoms with Crippen LogP contribution >= 0.6 is 0 Å². The van der Waals surface area contributed by atoms with E-state index in [9.17, 15) is 0 Å². The van der Waals surface area contributed by atoms with Gasteiger partial charge in [0.15, 0.2) is 0 Å². The summed E-state index contributed by atoms with van der Waals surface area (Å²) < 4.78 is 0. The summed E-state index contributed by atoms with van der Waals surface area (Å²) in [6, 6.07) is 24.4. The molecular formula is C49H66. The molecule has 4 aromatic carbocycles. The van der Waals surface area contributed by atoms with E-state index in [1.165, 1.54) is 149 Å². The molecule has 49 heavy (non-hydrogen) atoms. The van der Waals surface area contributed by atoms with Gasteiger partial charge in [-0.15, -0.1) is 0 Å². The van der Waals surface area contributed by atoms with Gasteiger partial charge < -0.3 is 0 Å². The monoisotopic (exact) mass is 655 g/mol. The zero-order valence-electron chi connectivity index (χ0n) is 32.2. The smallest absolute Gasteiger partial charge is 0.000706 e. The van der Waals surface area contributed by atoms with Gasteiger partial charge in [-0.1, -0.05) is 141 Å². The van der Waals surface area contributed by atoms with Gasteiger partial charge in [0.2, 0.25) is 0 Å². The van der Waals surface area contributed by atoms with Gasteiger partial charge in [0.25, 0.3) is 0 Å². The van der Waals surface area contributed by atoms with E-state index in [2.05, 4.69) is 102 Å². The van der Waals surface area contributed by atoms with Crippen molar-refractivity contribution in [2.24, 2.45) is 0 Å². The van der Waals surface area contributed by atoms with Crippen molar-refractivity contribution < 1.29 is 0 Å². The van der Waals surface area contributed by atoms with Crippen LogP contribution in [0.5, 0.6) is 0 Å². The Morgan fingerprint density at radius 2 is 0.796 bits per heavy atom. The molecule has 4 aromatic rings. The summed E-state index contributed by atoms with van der Waals surface area (Å²) in [4.78, 5) is 0. The van der Waals surface area contributed by atoms with Crippen LogP contribution in [0.15, 0.2) is 60.7 Å². The third kappa shape index (κ3) is 8.44. The number of hydrogen-bond donors (Lipinski definition) is 0. The maximum Gasteiger partial charge on any atom is -0.000706 e. The Morgan fingerprint density at radius 3 is 1.35 bits per heavy atom. The zero-order valence-corrected chi connectivity index (χ0v) is 32.2. The molecule has 0 nitrogen and oxygen atoms in total. The summed E-state index contributed by atoms with van der Waals surface area (Å²) in [5.41, 5.74) is 21.9. The first-order valence-electron chi connectivity index (χ1n) is 20.6. The van der Waals surface area contributed by atoms with Crippen LogP contribution in [0.25, 0.3) is 33.4 Å². The fourth-order valence-corrected chi connectivity index (χ4v) is 8.52. The minimum absolute atomic E-state index is 1.03. The molecule has 0 aromatic heterocycles. The van der Waals surface area contributed by atoms with E-state index in [0.29, 0.717) is 0 Å². The van der Waals surface area contributed by atoms with Gasteiger partial charge in [-0.25, -0.2) is 0 Å². The van der Waals surface area contributed by atoms with Crippen molar-refractivity contribution in [1.29, 1.82) is 0 Å². The van der Waals surface area contributed by atoms with Crippen LogP contribution in [0.4, 0.5) is 0 Å². The third-order valence-corrected chi connectivity index (χ3v) is 11.3. The van der Waals surface area contributed by atoms with E-state index in [1.807, 2.05) is 0 Å². The second kappa shape index (κ2) is 18.8. The molecule has 0 N–H and O–H groups in total. The molecule has 0 heteroatoms. The maximum absolute atomic E-state index is 2.58. The Bertz CT molecular complexity index is 1650. The highest BCUT2D eigenvalue weighted by Crippen LogP contribution is 2.49. The molecule has 1 aliphatic rings. The fraction of sp³-hybridized carbons (Fsp3) is 0.510. The van der Waals surface area contributed by atoms with Crippen LogP contribution in [-0.2, 0) is 44.9 Å². The minimum atomic E-state index is 1.03. The normalized spacial score (nSPS) is 12.0. The van der Waals surface area contributed by atoms with Gasteiger partial charge in [0, 0.05) is 0 Å². The summed E-state index contributed by atoms with van der Waals surface area (Å²) in [5.74, 6) is 0. The summed E-state index contributed by atoms with van der Waals surface area (Å²) in [5, 5.41) is 0. The van der Waals surface area contributed by atoms with Crippen molar-refractivity contribution in [3.05, 3.63) is 105 Å². The van der Waals surface area contributed by atoms with Crippen molar-refractivity contribution in [3.63, 3.8) is 0 Å². The van der Waals surface area contributed by atoms with Crippen molar-refractivity contribution in [1.82, 2.24) is 0 Å². The summed E-state index contributed by atoms with van der Waals surface area (Å²) >= 11 is 0. The van der Waals surface area contributed by atoms with E-state index in [1.54, 1.807) is 44.5 Å². The molecule has 0 atom stereocenters. The van der Waals surface area contributed by atoms with Gasteiger partial charge >= 0.3 is 0 Å². The third-order valence-electron chi connectivity index (χ3n) is 11.3. The molecule has 0 heterocycles. The highest BCUT2D eigenvalue weighted by atomic mass is 14.3. The van der Waals surface area contributed by atoms with Crippen molar-refractivity contribution >= 4 is 0 Å². The lowest BCUT2D eigenvalue weighted by Crippen LogP contribution is -2.07. The SMILES string of the molecule is CCCCc1ccc(-c2ccc3c(c2-c2ccc(CCCC)c(CCCC)c2CCCC)Cc2ccccc2-3)c(CCCC)c1CCCC. The Kier molecular flexibility index (Phi) is 14.2. The van der Waals surface area contributed by atoms with Crippen LogP contribution in [0.3, 0.4) is 0 Å². The van der Waals surface area contributed by atoms with Crippen molar-refractivity contribution in [2.45, 2.75) is 164 Å². The summed E-state index contributed by atoms with van der Waals surface area (Å²) in [7, 11) is 0. The number of hydrogen-bond acceptors (Lipinski definition) is 0. The van der Waals surface area contributed by atoms with Crippen LogP contribution in [0.2, 0.25) is 0 Å². The van der Waals surface area contributed by atoms with Crippen LogP contribution in [0, 0.1) is 0 Å². The highest BCUT2D eigenvalue weighted by Gasteiger charge is 2.28. The van der Waals surface area contributed by atoms with Gasteiger partial charge in [-0.3, -0.25) is 0 Å². The molecule has 0 fully saturated rings. The molecule has 0 bridgehead atoms. The first kappa shape index (κ1) is 37.1. The van der Waals surface area contributed by atoms with Gasteiger partial charge in [-0.2, -0.15) is 0 Å². The molecule has 1 aliphatic carbocycles. The number of unbranched alkanes of at least 4 members (excludes halogenated alkanes) is 6. The largest absolute Gasteiger partial charge is 0.0654 e. The lowest BCUT2D eigenvalue weighted by atomic mass is 9.78. The van der Waals surface area contributed by atoms with Gasteiger partial charge in [0.1, 0.15) is 0 Å². The van der Waals surface area contributed by atoms with Crippen LogP contribution in [0.1, 0.15) is 163 Å². The van der Waals surface area contributed by atoms with E-state index < -0.39 is 0 Å². The van der Waals surface area contributed by atoms with Crippen molar-refractivity contribution in [3.8, 4) is 33.4 Å². The predicted molar refractivity (Wildman–Crippen MR) is 217 cm³/mol. The van der Waals surface area contributed by atoms with E-state index in [-0.39, 0.29) is 0 Å². The fourth-order valence-electron chi connectivity index (χ4n) is 8.52. The topological polar surface area (TPSA) is 0 Å². The maximum atomic E-state index is 2.58. The molecule has 0 saturated heterocycles. The van der Waals surface area contributed by atoms with Crippen LogP contribution < -0.4 is 0 Å². The average Bonchev–Trinajstić information content (AvgIpc) is 3.51. The Labute approximate surface area is 301 Å². The van der Waals surface area contributed by atoms with E-state index in [0.717, 1.165) is 6.42 Å². The number of benzene rings is 4. The number of aryl methyl sites for hydroxylation is 2. The molecule has 0 saturated carbocycles. The standard InChI is InChI=1S/C49H66/c1-7-13-21-36-29-31-45(42(26-17-11-5)39(36)24-15-9-3)47-34-33-44-41-28-20-19-23-38(41)35-48(44)49(47)46-32-30-37(22-14-8-2)40(25-16-10-4)43(46)27-18-12-6/h19-20,23,28-34H,7-18,21-22,24-27,35H2,1-6H3. The molecule has 0 spiro atoms.